The summed E-state index contributed by atoms with van der Waals surface area (Å²) < 4.78 is 5.66. The summed E-state index contributed by atoms with van der Waals surface area (Å²) in [6.45, 7) is 5.86. The summed E-state index contributed by atoms with van der Waals surface area (Å²) in [5.74, 6) is 1.75. The number of ether oxygens (including phenoxy) is 1. The molecule has 1 aromatic heterocycles. The Bertz CT molecular complexity index is 785. The quantitative estimate of drug-likeness (QED) is 0.509. The van der Waals surface area contributed by atoms with Crippen LogP contribution in [-0.2, 0) is 13.0 Å². The lowest BCUT2D eigenvalue weighted by atomic mass is 10.0. The second-order valence-electron chi connectivity index (χ2n) is 7.23. The fourth-order valence-corrected chi connectivity index (χ4v) is 4.58. The number of guanidine groups is 1. The highest BCUT2D eigenvalue weighted by atomic mass is 32.1. The molecule has 7 heteroatoms. The van der Waals surface area contributed by atoms with E-state index in [2.05, 4.69) is 44.6 Å². The average Bonchev–Trinajstić information content (AvgIpc) is 3.25. The fraction of sp³-hybridized carbons (Fsp3) is 0.545. The van der Waals surface area contributed by atoms with Crippen LogP contribution in [0.3, 0.4) is 0 Å². The van der Waals surface area contributed by atoms with Crippen LogP contribution in [0.1, 0.15) is 47.7 Å². The van der Waals surface area contributed by atoms with Crippen LogP contribution in [0.25, 0.3) is 0 Å². The summed E-state index contributed by atoms with van der Waals surface area (Å²) in [5.41, 5.74) is 1.23. The van der Waals surface area contributed by atoms with Gasteiger partial charge in [0.05, 0.1) is 19.7 Å². The SMILES string of the molecule is CCc1cnc(CNC(=NC)NCC(c2ccccc2OC)N2CCCCC2)s1. The number of aryl methyl sites for hydroxylation is 1. The van der Waals surface area contributed by atoms with Crippen LogP contribution < -0.4 is 15.4 Å². The van der Waals surface area contributed by atoms with Crippen LogP contribution in [0.2, 0.25) is 0 Å². The number of aliphatic imine (C=N–C) groups is 1. The summed E-state index contributed by atoms with van der Waals surface area (Å²) in [4.78, 5) is 12.8. The molecule has 158 valence electrons. The van der Waals surface area contributed by atoms with Crippen molar-refractivity contribution in [3.8, 4) is 5.75 Å². The van der Waals surface area contributed by atoms with Gasteiger partial charge < -0.3 is 15.4 Å². The zero-order valence-electron chi connectivity index (χ0n) is 17.8. The highest BCUT2D eigenvalue weighted by molar-refractivity contribution is 7.11. The van der Waals surface area contributed by atoms with E-state index < -0.39 is 0 Å². The monoisotopic (exact) mass is 415 g/mol. The second-order valence-corrected chi connectivity index (χ2v) is 8.43. The maximum absolute atomic E-state index is 5.66. The standard InChI is InChI=1S/C22H33N5OS/c1-4-17-14-24-21(29-17)16-26-22(23-2)25-15-19(27-12-8-5-9-13-27)18-10-6-7-11-20(18)28-3/h6-7,10-11,14,19H,4-5,8-9,12-13,15-16H2,1-3H3,(H2,23,25,26). The molecular weight excluding hydrogens is 382 g/mol. The molecule has 3 rings (SSSR count). The van der Waals surface area contributed by atoms with E-state index in [9.17, 15) is 0 Å². The van der Waals surface area contributed by atoms with Crippen LogP contribution in [0.5, 0.6) is 5.75 Å². The number of hydrogen-bond donors (Lipinski definition) is 2. The maximum Gasteiger partial charge on any atom is 0.191 e. The van der Waals surface area contributed by atoms with Crippen molar-refractivity contribution >= 4 is 17.3 Å². The number of hydrogen-bond acceptors (Lipinski definition) is 5. The minimum Gasteiger partial charge on any atom is -0.496 e. The lowest BCUT2D eigenvalue weighted by Crippen LogP contribution is -2.44. The molecular formula is C22H33N5OS. The number of nitrogens with zero attached hydrogens (tertiary/aromatic N) is 3. The molecule has 1 atom stereocenters. The molecule has 0 radical (unpaired) electrons. The largest absolute Gasteiger partial charge is 0.496 e. The molecule has 1 aliphatic rings. The number of rotatable bonds is 8. The van der Waals surface area contributed by atoms with Gasteiger partial charge in [0.2, 0.25) is 0 Å². The summed E-state index contributed by atoms with van der Waals surface area (Å²) in [5, 5.41) is 8.01. The van der Waals surface area contributed by atoms with Gasteiger partial charge in [-0.15, -0.1) is 11.3 Å². The minimum absolute atomic E-state index is 0.247. The number of methoxy groups -OCH3 is 1. The zero-order chi connectivity index (χ0) is 20.5. The molecule has 0 amide bonds. The Balaban J connectivity index is 1.66. The Kier molecular flexibility index (Phi) is 8.31. The predicted molar refractivity (Wildman–Crippen MR) is 121 cm³/mol. The smallest absolute Gasteiger partial charge is 0.191 e. The van der Waals surface area contributed by atoms with E-state index in [0.717, 1.165) is 42.8 Å². The van der Waals surface area contributed by atoms with E-state index in [4.69, 9.17) is 4.74 Å². The average molecular weight is 416 g/mol. The molecule has 1 saturated heterocycles. The third kappa shape index (κ3) is 5.93. The van der Waals surface area contributed by atoms with Crippen molar-refractivity contribution in [2.75, 3.05) is 33.8 Å². The van der Waals surface area contributed by atoms with Crippen molar-refractivity contribution in [1.29, 1.82) is 0 Å². The summed E-state index contributed by atoms with van der Waals surface area (Å²) in [7, 11) is 3.56. The molecule has 2 aromatic rings. The minimum atomic E-state index is 0.247. The highest BCUT2D eigenvalue weighted by Crippen LogP contribution is 2.30. The Morgan fingerprint density at radius 1 is 1.24 bits per heavy atom. The molecule has 0 aliphatic carbocycles. The molecule has 1 fully saturated rings. The first-order valence-electron chi connectivity index (χ1n) is 10.5. The predicted octanol–water partition coefficient (Wildman–Crippen LogP) is 3.61. The molecule has 1 unspecified atom stereocenters. The van der Waals surface area contributed by atoms with Gasteiger partial charge in [0, 0.05) is 30.2 Å². The van der Waals surface area contributed by atoms with Crippen molar-refractivity contribution in [3.05, 3.63) is 45.9 Å². The molecule has 1 aliphatic heterocycles. The van der Waals surface area contributed by atoms with Gasteiger partial charge in [-0.25, -0.2) is 4.98 Å². The van der Waals surface area contributed by atoms with E-state index >= 15 is 0 Å². The number of piperidine rings is 1. The van der Waals surface area contributed by atoms with Crippen LogP contribution in [0.15, 0.2) is 35.5 Å². The lowest BCUT2D eigenvalue weighted by molar-refractivity contribution is 0.161. The lowest BCUT2D eigenvalue weighted by Gasteiger charge is -2.35. The molecule has 29 heavy (non-hydrogen) atoms. The van der Waals surface area contributed by atoms with Gasteiger partial charge in [-0.2, -0.15) is 0 Å². The normalized spacial score (nSPS) is 16.4. The summed E-state index contributed by atoms with van der Waals surface area (Å²) in [6.07, 6.45) is 6.82. The highest BCUT2D eigenvalue weighted by Gasteiger charge is 2.25. The van der Waals surface area contributed by atoms with Crippen molar-refractivity contribution in [3.63, 3.8) is 0 Å². The molecule has 6 nitrogen and oxygen atoms in total. The summed E-state index contributed by atoms with van der Waals surface area (Å²) in [6, 6.07) is 8.60. The Hall–Kier alpha value is -2.12. The van der Waals surface area contributed by atoms with Crippen molar-refractivity contribution in [2.24, 2.45) is 4.99 Å². The second kappa shape index (κ2) is 11.2. The fourth-order valence-electron chi connectivity index (χ4n) is 3.77. The number of nitrogens with one attached hydrogen (secondary N) is 2. The molecule has 2 heterocycles. The van der Waals surface area contributed by atoms with Crippen molar-refractivity contribution in [2.45, 2.75) is 45.2 Å². The molecule has 1 aromatic carbocycles. The van der Waals surface area contributed by atoms with Gasteiger partial charge >= 0.3 is 0 Å². The summed E-state index contributed by atoms with van der Waals surface area (Å²) >= 11 is 1.75. The third-order valence-corrected chi connectivity index (χ3v) is 6.51. The van der Waals surface area contributed by atoms with Crippen LogP contribution in [0.4, 0.5) is 0 Å². The topological polar surface area (TPSA) is 61.8 Å². The van der Waals surface area contributed by atoms with Gasteiger partial charge in [0.25, 0.3) is 0 Å². The first kappa shape index (κ1) is 21.6. The third-order valence-electron chi connectivity index (χ3n) is 5.37. The van der Waals surface area contributed by atoms with Gasteiger partial charge in [0.15, 0.2) is 5.96 Å². The Morgan fingerprint density at radius 2 is 2.03 bits per heavy atom. The van der Waals surface area contributed by atoms with Crippen LogP contribution in [0, 0.1) is 0 Å². The molecule has 0 saturated carbocycles. The molecule has 0 bridgehead atoms. The molecule has 2 N–H and O–H groups in total. The number of aromatic nitrogens is 1. The molecule has 0 spiro atoms. The van der Waals surface area contributed by atoms with Crippen LogP contribution >= 0.6 is 11.3 Å². The van der Waals surface area contributed by atoms with E-state index in [1.54, 1.807) is 18.4 Å². The van der Waals surface area contributed by atoms with Crippen molar-refractivity contribution < 1.29 is 4.74 Å². The number of likely N-dealkylation sites (tertiary alicyclic amines) is 1. The van der Waals surface area contributed by atoms with E-state index in [0.29, 0.717) is 6.54 Å². The van der Waals surface area contributed by atoms with E-state index in [-0.39, 0.29) is 6.04 Å². The van der Waals surface area contributed by atoms with Gasteiger partial charge in [0.1, 0.15) is 10.8 Å². The first-order valence-corrected chi connectivity index (χ1v) is 11.3. The number of thiazole rings is 1. The Morgan fingerprint density at radius 3 is 2.72 bits per heavy atom. The maximum atomic E-state index is 5.66. The zero-order valence-corrected chi connectivity index (χ0v) is 18.6. The van der Waals surface area contributed by atoms with E-state index in [1.807, 2.05) is 25.4 Å². The number of benzene rings is 1. The first-order chi connectivity index (χ1) is 14.2. The van der Waals surface area contributed by atoms with Gasteiger partial charge in [-0.05, 0) is 38.4 Å². The number of para-hydroxylation sites is 1. The van der Waals surface area contributed by atoms with Gasteiger partial charge in [-0.1, -0.05) is 31.5 Å². The van der Waals surface area contributed by atoms with E-state index in [1.165, 1.54) is 29.7 Å². The van der Waals surface area contributed by atoms with Crippen LogP contribution in [-0.4, -0.2) is 49.6 Å². The van der Waals surface area contributed by atoms with Crippen molar-refractivity contribution in [1.82, 2.24) is 20.5 Å². The Labute approximate surface area is 178 Å². The van der Waals surface area contributed by atoms with Gasteiger partial charge in [-0.3, -0.25) is 9.89 Å².